The first-order valence-electron chi connectivity index (χ1n) is 5.99. The van der Waals surface area contributed by atoms with Gasteiger partial charge in [-0.25, -0.2) is 9.97 Å². The highest BCUT2D eigenvalue weighted by atomic mass is 16.1. The Kier molecular flexibility index (Phi) is 4.47. The van der Waals surface area contributed by atoms with Crippen LogP contribution in [0.25, 0.3) is 0 Å². The van der Waals surface area contributed by atoms with Gasteiger partial charge in [0.05, 0.1) is 0 Å². The Balaban J connectivity index is 3.16. The number of nitrogens with one attached hydrogen (secondary N) is 2. The summed E-state index contributed by atoms with van der Waals surface area (Å²) in [4.78, 5) is 19.9. The normalized spacial score (nSPS) is 12.3. The molecule has 1 unspecified atom stereocenters. The number of rotatable bonds is 5. The fraction of sp³-hybridized carbons (Fsp3) is 0.583. The number of carbonyl (C=O) groups excluding carboxylic acids is 1. The molecule has 1 aromatic heterocycles. The van der Waals surface area contributed by atoms with Gasteiger partial charge in [-0.2, -0.15) is 0 Å². The summed E-state index contributed by atoms with van der Waals surface area (Å²) in [6.07, 6.45) is 0. The molecule has 0 fully saturated rings. The number of amides is 1. The van der Waals surface area contributed by atoms with Crippen molar-refractivity contribution in [3.63, 3.8) is 0 Å². The first-order chi connectivity index (χ1) is 8.36. The van der Waals surface area contributed by atoms with Crippen molar-refractivity contribution < 1.29 is 4.79 Å². The van der Waals surface area contributed by atoms with Crippen LogP contribution in [-0.2, 0) is 4.79 Å². The Labute approximate surface area is 107 Å². The Morgan fingerprint density at radius 1 is 1.22 bits per heavy atom. The molecule has 100 valence electrons. The van der Waals surface area contributed by atoms with E-state index in [1.807, 2.05) is 20.8 Å². The van der Waals surface area contributed by atoms with E-state index >= 15 is 0 Å². The summed E-state index contributed by atoms with van der Waals surface area (Å²) < 4.78 is 0. The standard InChI is InChI=1S/C12H21N5O/c1-6(2)10-16-11(14-5)7(3)12(17-10)15-8(4)9(13)18/h6,8H,1-5H3,(H2,13,18)(H2,14,15,16,17). The van der Waals surface area contributed by atoms with Crippen molar-refractivity contribution in [1.29, 1.82) is 0 Å². The zero-order valence-electron chi connectivity index (χ0n) is 11.5. The van der Waals surface area contributed by atoms with E-state index in [9.17, 15) is 4.79 Å². The second-order valence-corrected chi connectivity index (χ2v) is 4.58. The van der Waals surface area contributed by atoms with Crippen molar-refractivity contribution >= 4 is 17.5 Å². The lowest BCUT2D eigenvalue weighted by molar-refractivity contribution is -0.118. The highest BCUT2D eigenvalue weighted by molar-refractivity contribution is 5.82. The Hall–Kier alpha value is -1.85. The zero-order chi connectivity index (χ0) is 13.9. The quantitative estimate of drug-likeness (QED) is 0.732. The number of aromatic nitrogens is 2. The third kappa shape index (κ3) is 3.09. The molecule has 0 spiro atoms. The van der Waals surface area contributed by atoms with Crippen LogP contribution in [0.4, 0.5) is 11.6 Å². The Bertz CT molecular complexity index is 444. The van der Waals surface area contributed by atoms with Gasteiger partial charge in [0.25, 0.3) is 0 Å². The third-order valence-corrected chi connectivity index (χ3v) is 2.70. The van der Waals surface area contributed by atoms with Crippen molar-refractivity contribution in [2.24, 2.45) is 5.73 Å². The molecule has 1 atom stereocenters. The molecule has 18 heavy (non-hydrogen) atoms. The van der Waals surface area contributed by atoms with Gasteiger partial charge in [0.1, 0.15) is 23.5 Å². The van der Waals surface area contributed by atoms with Gasteiger partial charge in [-0.05, 0) is 13.8 Å². The summed E-state index contributed by atoms with van der Waals surface area (Å²) in [5.41, 5.74) is 6.11. The van der Waals surface area contributed by atoms with Crippen LogP contribution in [0.2, 0.25) is 0 Å². The molecule has 0 bridgehead atoms. The summed E-state index contributed by atoms with van der Waals surface area (Å²) in [5, 5.41) is 6.04. The zero-order valence-corrected chi connectivity index (χ0v) is 11.5. The minimum absolute atomic E-state index is 0.210. The smallest absolute Gasteiger partial charge is 0.239 e. The minimum Gasteiger partial charge on any atom is -0.373 e. The number of carbonyl (C=O) groups is 1. The highest BCUT2D eigenvalue weighted by Crippen LogP contribution is 2.23. The van der Waals surface area contributed by atoms with Gasteiger partial charge in [0.2, 0.25) is 5.91 Å². The second kappa shape index (κ2) is 5.66. The summed E-state index contributed by atoms with van der Waals surface area (Å²) in [5.74, 6) is 1.92. The highest BCUT2D eigenvalue weighted by Gasteiger charge is 2.15. The van der Waals surface area contributed by atoms with Crippen molar-refractivity contribution in [1.82, 2.24) is 9.97 Å². The fourth-order valence-corrected chi connectivity index (χ4v) is 1.45. The van der Waals surface area contributed by atoms with Crippen LogP contribution < -0.4 is 16.4 Å². The number of nitrogens with two attached hydrogens (primary N) is 1. The van der Waals surface area contributed by atoms with Gasteiger partial charge in [-0.3, -0.25) is 4.79 Å². The molecule has 6 nitrogen and oxygen atoms in total. The van der Waals surface area contributed by atoms with Gasteiger partial charge in [0, 0.05) is 18.5 Å². The molecule has 0 aliphatic heterocycles. The van der Waals surface area contributed by atoms with Crippen molar-refractivity contribution in [2.75, 3.05) is 17.7 Å². The van der Waals surface area contributed by atoms with E-state index in [0.717, 1.165) is 17.2 Å². The average molecular weight is 251 g/mol. The lowest BCUT2D eigenvalue weighted by Crippen LogP contribution is -2.33. The molecule has 0 saturated heterocycles. The number of nitrogens with zero attached hydrogens (tertiary/aromatic N) is 2. The number of anilines is 2. The van der Waals surface area contributed by atoms with Crippen LogP contribution in [0.3, 0.4) is 0 Å². The molecule has 0 aromatic carbocycles. The molecule has 1 heterocycles. The maximum Gasteiger partial charge on any atom is 0.239 e. The Morgan fingerprint density at radius 3 is 2.22 bits per heavy atom. The number of primary amides is 1. The SMILES string of the molecule is CNc1nc(C(C)C)nc(NC(C)C(N)=O)c1C. The molecule has 1 aromatic rings. The molecule has 0 aliphatic carbocycles. The predicted octanol–water partition coefficient (Wildman–Crippen LogP) is 1.24. The van der Waals surface area contributed by atoms with E-state index < -0.39 is 11.9 Å². The van der Waals surface area contributed by atoms with Crippen LogP contribution in [-0.4, -0.2) is 29.0 Å². The van der Waals surface area contributed by atoms with Gasteiger partial charge in [-0.15, -0.1) is 0 Å². The minimum atomic E-state index is -0.469. The van der Waals surface area contributed by atoms with Crippen LogP contribution in [0.1, 0.15) is 38.1 Å². The van der Waals surface area contributed by atoms with Crippen molar-refractivity contribution in [3.05, 3.63) is 11.4 Å². The summed E-state index contributed by atoms with van der Waals surface area (Å²) in [7, 11) is 1.81. The summed E-state index contributed by atoms with van der Waals surface area (Å²) in [6, 6.07) is -0.469. The molecular weight excluding hydrogens is 230 g/mol. The van der Waals surface area contributed by atoms with Crippen molar-refractivity contribution in [3.8, 4) is 0 Å². The molecular formula is C12H21N5O. The van der Waals surface area contributed by atoms with E-state index in [1.165, 1.54) is 0 Å². The molecule has 0 saturated carbocycles. The molecule has 1 amide bonds. The summed E-state index contributed by atoms with van der Waals surface area (Å²) in [6.45, 7) is 7.64. The van der Waals surface area contributed by atoms with Crippen LogP contribution in [0.15, 0.2) is 0 Å². The first kappa shape index (κ1) is 14.2. The van der Waals surface area contributed by atoms with E-state index in [-0.39, 0.29) is 5.92 Å². The first-order valence-corrected chi connectivity index (χ1v) is 5.99. The lowest BCUT2D eigenvalue weighted by Gasteiger charge is -2.17. The molecule has 4 N–H and O–H groups in total. The number of hydrogen-bond acceptors (Lipinski definition) is 5. The topological polar surface area (TPSA) is 92.9 Å². The third-order valence-electron chi connectivity index (χ3n) is 2.70. The monoisotopic (exact) mass is 251 g/mol. The van der Waals surface area contributed by atoms with Crippen molar-refractivity contribution in [2.45, 2.75) is 39.7 Å². The van der Waals surface area contributed by atoms with Gasteiger partial charge >= 0.3 is 0 Å². The molecule has 6 heteroatoms. The van der Waals surface area contributed by atoms with Crippen LogP contribution >= 0.6 is 0 Å². The molecule has 1 rings (SSSR count). The molecule has 0 aliphatic rings. The van der Waals surface area contributed by atoms with E-state index in [4.69, 9.17) is 5.73 Å². The van der Waals surface area contributed by atoms with Gasteiger partial charge in [0.15, 0.2) is 0 Å². The number of hydrogen-bond donors (Lipinski definition) is 3. The fourth-order valence-electron chi connectivity index (χ4n) is 1.45. The maximum absolute atomic E-state index is 11.1. The van der Waals surface area contributed by atoms with Gasteiger partial charge < -0.3 is 16.4 Å². The van der Waals surface area contributed by atoms with Crippen LogP contribution in [0.5, 0.6) is 0 Å². The maximum atomic E-state index is 11.1. The van der Waals surface area contributed by atoms with E-state index in [1.54, 1.807) is 14.0 Å². The molecule has 0 radical (unpaired) electrons. The Morgan fingerprint density at radius 2 is 1.78 bits per heavy atom. The van der Waals surface area contributed by atoms with Gasteiger partial charge in [-0.1, -0.05) is 13.8 Å². The second-order valence-electron chi connectivity index (χ2n) is 4.58. The van der Waals surface area contributed by atoms with Crippen LogP contribution in [0, 0.1) is 6.92 Å². The van der Waals surface area contributed by atoms with E-state index in [0.29, 0.717) is 5.82 Å². The lowest BCUT2D eigenvalue weighted by atomic mass is 10.2. The summed E-state index contributed by atoms with van der Waals surface area (Å²) >= 11 is 0. The predicted molar refractivity (Wildman–Crippen MR) is 72.7 cm³/mol. The largest absolute Gasteiger partial charge is 0.373 e. The van der Waals surface area contributed by atoms with E-state index in [2.05, 4.69) is 20.6 Å². The average Bonchev–Trinajstić information content (AvgIpc) is 2.31.